The average molecular weight is 269 g/mol. The Balaban J connectivity index is 3.25. The Bertz CT molecular complexity index is 321. The minimum Gasteiger partial charge on any atom is -0.387 e. The molecule has 0 heterocycles. The Morgan fingerprint density at radius 3 is 2.77 bits per heavy atom. The zero-order chi connectivity index (χ0) is 10.0. The molecule has 0 unspecified atom stereocenters. The molecule has 3 N–H and O–H groups in total. The molecule has 5 heteroatoms. The third-order valence-electron chi connectivity index (χ3n) is 1.64. The number of hydrogen-bond acceptors (Lipinski definition) is 2. The molecule has 0 aromatic heterocycles. The van der Waals surface area contributed by atoms with E-state index in [0.717, 1.165) is 0 Å². The van der Waals surface area contributed by atoms with Crippen LogP contribution >= 0.6 is 27.5 Å². The first-order valence-electron chi connectivity index (χ1n) is 3.59. The van der Waals surface area contributed by atoms with Crippen molar-refractivity contribution in [3.8, 4) is 0 Å². The lowest BCUT2D eigenvalue weighted by Gasteiger charge is -2.12. The molecule has 13 heavy (non-hydrogen) atoms. The molecule has 1 rings (SSSR count). The molecule has 0 fully saturated rings. The van der Waals surface area contributed by atoms with Crippen molar-refractivity contribution < 1.29 is 9.50 Å². The number of rotatable bonds is 2. The highest BCUT2D eigenvalue weighted by atomic mass is 79.9. The lowest BCUT2D eigenvalue weighted by molar-refractivity contribution is 0.181. The number of aliphatic hydroxyl groups is 1. The van der Waals surface area contributed by atoms with Gasteiger partial charge in [-0.3, -0.25) is 0 Å². The number of aliphatic hydroxyl groups excluding tert-OH is 1. The summed E-state index contributed by atoms with van der Waals surface area (Å²) in [6.45, 7) is -0.0458. The van der Waals surface area contributed by atoms with Crippen LogP contribution in [0.5, 0.6) is 0 Å². The molecule has 0 aliphatic heterocycles. The summed E-state index contributed by atoms with van der Waals surface area (Å²) < 4.78 is 13.8. The summed E-state index contributed by atoms with van der Waals surface area (Å²) in [6, 6.07) is 2.98. The Kier molecular flexibility index (Phi) is 3.67. The van der Waals surface area contributed by atoms with Crippen LogP contribution in [-0.2, 0) is 0 Å². The predicted octanol–water partition coefficient (Wildman–Crippen LogP) is 2.23. The quantitative estimate of drug-likeness (QED) is 0.808. The highest BCUT2D eigenvalue weighted by Crippen LogP contribution is 2.30. The zero-order valence-electron chi connectivity index (χ0n) is 6.60. The first-order valence-corrected chi connectivity index (χ1v) is 4.76. The van der Waals surface area contributed by atoms with E-state index in [2.05, 4.69) is 15.9 Å². The molecule has 0 aliphatic rings. The van der Waals surface area contributed by atoms with Gasteiger partial charge in [-0.15, -0.1) is 0 Å². The standard InChI is InChI=1S/C8H8BrClFNO/c9-4-1-2-5(10)8(11)7(4)6(13)3-12/h1-2,6,13H,3,12H2/t6-/m1/s1. The van der Waals surface area contributed by atoms with Gasteiger partial charge in [0.05, 0.1) is 11.1 Å². The van der Waals surface area contributed by atoms with Crippen LogP contribution in [0, 0.1) is 5.82 Å². The van der Waals surface area contributed by atoms with Crippen LogP contribution < -0.4 is 5.73 Å². The number of benzene rings is 1. The molecule has 0 bridgehead atoms. The Morgan fingerprint density at radius 1 is 1.62 bits per heavy atom. The summed E-state index contributed by atoms with van der Waals surface area (Å²) >= 11 is 8.65. The van der Waals surface area contributed by atoms with E-state index in [0.29, 0.717) is 4.47 Å². The fourth-order valence-electron chi connectivity index (χ4n) is 0.966. The highest BCUT2D eigenvalue weighted by Gasteiger charge is 2.17. The van der Waals surface area contributed by atoms with Crippen LogP contribution in [-0.4, -0.2) is 11.7 Å². The van der Waals surface area contributed by atoms with E-state index in [4.69, 9.17) is 17.3 Å². The maximum absolute atomic E-state index is 13.3. The smallest absolute Gasteiger partial charge is 0.148 e. The van der Waals surface area contributed by atoms with Crippen molar-refractivity contribution in [3.63, 3.8) is 0 Å². The third kappa shape index (κ3) is 2.20. The molecule has 1 aromatic rings. The van der Waals surface area contributed by atoms with Crippen LogP contribution in [0.15, 0.2) is 16.6 Å². The van der Waals surface area contributed by atoms with Crippen molar-refractivity contribution in [2.75, 3.05) is 6.54 Å². The van der Waals surface area contributed by atoms with E-state index in [1.807, 2.05) is 0 Å². The van der Waals surface area contributed by atoms with E-state index in [1.165, 1.54) is 6.07 Å². The van der Waals surface area contributed by atoms with E-state index in [1.54, 1.807) is 6.07 Å². The minimum absolute atomic E-state index is 0.0225. The number of hydrogen-bond donors (Lipinski definition) is 2. The molecule has 0 radical (unpaired) electrons. The zero-order valence-corrected chi connectivity index (χ0v) is 8.94. The van der Waals surface area contributed by atoms with Crippen LogP contribution in [0.2, 0.25) is 5.02 Å². The second-order valence-corrected chi connectivity index (χ2v) is 3.77. The summed E-state index contributed by atoms with van der Waals surface area (Å²) in [6.07, 6.45) is -1.03. The molecule has 72 valence electrons. The fraction of sp³-hybridized carbons (Fsp3) is 0.250. The molecule has 1 aromatic carbocycles. The molecule has 0 amide bonds. The van der Waals surface area contributed by atoms with Gasteiger partial charge < -0.3 is 10.8 Å². The van der Waals surface area contributed by atoms with E-state index in [-0.39, 0.29) is 17.1 Å². The molecule has 0 aliphatic carbocycles. The van der Waals surface area contributed by atoms with E-state index < -0.39 is 11.9 Å². The van der Waals surface area contributed by atoms with E-state index >= 15 is 0 Å². The second kappa shape index (κ2) is 4.37. The maximum atomic E-state index is 13.3. The Morgan fingerprint density at radius 2 is 2.23 bits per heavy atom. The Hall–Kier alpha value is -0.160. The third-order valence-corrected chi connectivity index (χ3v) is 2.62. The van der Waals surface area contributed by atoms with Gasteiger partial charge in [0.1, 0.15) is 5.82 Å². The first-order chi connectivity index (χ1) is 6.07. The van der Waals surface area contributed by atoms with Gasteiger partial charge >= 0.3 is 0 Å². The van der Waals surface area contributed by atoms with Gasteiger partial charge in [0, 0.05) is 16.6 Å². The predicted molar refractivity (Wildman–Crippen MR) is 53.1 cm³/mol. The summed E-state index contributed by atoms with van der Waals surface area (Å²) in [7, 11) is 0. The van der Waals surface area contributed by atoms with Gasteiger partial charge in [0.15, 0.2) is 0 Å². The fourth-order valence-corrected chi connectivity index (χ4v) is 1.70. The van der Waals surface area contributed by atoms with Crippen LogP contribution in [0.25, 0.3) is 0 Å². The largest absolute Gasteiger partial charge is 0.387 e. The molecule has 1 atom stereocenters. The summed E-state index contributed by atoms with van der Waals surface area (Å²) in [5.41, 5.74) is 5.32. The lowest BCUT2D eigenvalue weighted by atomic mass is 10.1. The van der Waals surface area contributed by atoms with Gasteiger partial charge in [0.25, 0.3) is 0 Å². The molecular weight excluding hydrogens is 260 g/mol. The summed E-state index contributed by atoms with van der Waals surface area (Å²) in [5.74, 6) is -0.631. The van der Waals surface area contributed by atoms with Gasteiger partial charge in [0.2, 0.25) is 0 Å². The highest BCUT2D eigenvalue weighted by molar-refractivity contribution is 9.10. The second-order valence-electron chi connectivity index (χ2n) is 2.51. The summed E-state index contributed by atoms with van der Waals surface area (Å²) in [5, 5.41) is 9.34. The topological polar surface area (TPSA) is 46.2 Å². The van der Waals surface area contributed by atoms with Crippen molar-refractivity contribution in [1.29, 1.82) is 0 Å². The van der Waals surface area contributed by atoms with E-state index in [9.17, 15) is 9.50 Å². The van der Waals surface area contributed by atoms with Crippen molar-refractivity contribution in [3.05, 3.63) is 33.0 Å². The lowest BCUT2D eigenvalue weighted by Crippen LogP contribution is -2.13. The van der Waals surface area contributed by atoms with Gasteiger partial charge in [-0.1, -0.05) is 27.5 Å². The van der Waals surface area contributed by atoms with Crippen LogP contribution in [0.1, 0.15) is 11.7 Å². The Labute approximate surface area is 88.6 Å². The molecule has 2 nitrogen and oxygen atoms in total. The van der Waals surface area contributed by atoms with Gasteiger partial charge in [-0.05, 0) is 12.1 Å². The molecular formula is C8H8BrClFNO. The van der Waals surface area contributed by atoms with Crippen molar-refractivity contribution in [2.24, 2.45) is 5.73 Å². The van der Waals surface area contributed by atoms with Crippen molar-refractivity contribution >= 4 is 27.5 Å². The van der Waals surface area contributed by atoms with Crippen molar-refractivity contribution in [2.45, 2.75) is 6.10 Å². The molecule has 0 saturated heterocycles. The maximum Gasteiger partial charge on any atom is 0.148 e. The van der Waals surface area contributed by atoms with Gasteiger partial charge in [-0.25, -0.2) is 4.39 Å². The number of nitrogens with two attached hydrogens (primary N) is 1. The average Bonchev–Trinajstić information content (AvgIpc) is 2.12. The van der Waals surface area contributed by atoms with Crippen molar-refractivity contribution in [1.82, 2.24) is 0 Å². The first kappa shape index (κ1) is 10.9. The summed E-state index contributed by atoms with van der Waals surface area (Å²) in [4.78, 5) is 0. The number of halogens is 3. The van der Waals surface area contributed by atoms with Crippen LogP contribution in [0.4, 0.5) is 4.39 Å². The normalized spacial score (nSPS) is 13.0. The van der Waals surface area contributed by atoms with Crippen LogP contribution in [0.3, 0.4) is 0 Å². The monoisotopic (exact) mass is 267 g/mol. The molecule has 0 saturated carbocycles. The SMILES string of the molecule is NC[C@@H](O)c1c(Br)ccc(Cl)c1F. The van der Waals surface area contributed by atoms with Gasteiger partial charge in [-0.2, -0.15) is 0 Å². The molecule has 0 spiro atoms. The minimum atomic E-state index is -1.03.